The van der Waals surface area contributed by atoms with E-state index in [4.69, 9.17) is 0 Å². The van der Waals surface area contributed by atoms with Crippen molar-refractivity contribution in [3.05, 3.63) is 41.5 Å². The number of rotatable bonds is 5. The average molecular weight is 443 g/mol. The summed E-state index contributed by atoms with van der Waals surface area (Å²) < 4.78 is 25.6. The van der Waals surface area contributed by atoms with E-state index in [0.29, 0.717) is 24.2 Å². The van der Waals surface area contributed by atoms with Gasteiger partial charge in [0, 0.05) is 12.6 Å². The molecule has 3 heterocycles. The van der Waals surface area contributed by atoms with Gasteiger partial charge in [-0.3, -0.25) is 9.20 Å². The van der Waals surface area contributed by atoms with Crippen LogP contribution < -0.4 is 0 Å². The Hall–Kier alpha value is -2.57. The van der Waals surface area contributed by atoms with Crippen molar-refractivity contribution in [2.24, 2.45) is 0 Å². The van der Waals surface area contributed by atoms with Crippen LogP contribution in [0.5, 0.6) is 0 Å². The van der Waals surface area contributed by atoms with Crippen LogP contribution in [0.4, 0.5) is 0 Å². The Bertz CT molecular complexity index is 1290. The third-order valence-corrected chi connectivity index (χ3v) is 8.24. The minimum Gasteiger partial charge on any atom is -0.338 e. The Morgan fingerprint density at radius 3 is 2.83 bits per heavy atom. The van der Waals surface area contributed by atoms with E-state index in [2.05, 4.69) is 11.1 Å². The number of benzene rings is 1. The number of nitrogens with zero attached hydrogens (tertiary/aromatic N) is 4. The first kappa shape index (κ1) is 20.7. The van der Waals surface area contributed by atoms with E-state index in [0.717, 1.165) is 21.6 Å². The van der Waals surface area contributed by atoms with E-state index in [1.807, 2.05) is 48.6 Å². The first-order valence-corrected chi connectivity index (χ1v) is 12.6. The molecule has 30 heavy (non-hydrogen) atoms. The van der Waals surface area contributed by atoms with E-state index in [1.54, 1.807) is 4.90 Å². The number of imidazole rings is 1. The number of nitriles is 1. The number of hydrogen-bond acceptors (Lipinski definition) is 6. The number of thioether (sulfide) groups is 1. The monoisotopic (exact) mass is 442 g/mol. The number of pyridine rings is 1. The topological polar surface area (TPSA) is 95.5 Å². The van der Waals surface area contributed by atoms with E-state index >= 15 is 0 Å². The normalized spacial score (nSPS) is 18.0. The zero-order valence-electron chi connectivity index (χ0n) is 16.8. The van der Waals surface area contributed by atoms with Crippen LogP contribution in [0.1, 0.15) is 24.5 Å². The molecule has 0 spiro atoms. The highest BCUT2D eigenvalue weighted by molar-refractivity contribution is 7.99. The number of amides is 1. The predicted molar refractivity (Wildman–Crippen MR) is 117 cm³/mol. The molecule has 0 N–H and O–H groups in total. The number of fused-ring (bicyclic) bond motifs is 3. The molecule has 0 saturated carbocycles. The Balaban J connectivity index is 1.66. The molecule has 1 saturated heterocycles. The summed E-state index contributed by atoms with van der Waals surface area (Å²) in [6.45, 7) is 4.22. The van der Waals surface area contributed by atoms with Crippen molar-refractivity contribution in [2.75, 3.05) is 23.8 Å². The van der Waals surface area contributed by atoms with E-state index in [1.165, 1.54) is 11.8 Å². The lowest BCUT2D eigenvalue weighted by molar-refractivity contribution is -0.129. The minimum atomic E-state index is -3.05. The van der Waals surface area contributed by atoms with Gasteiger partial charge in [0.05, 0.1) is 38.9 Å². The second kappa shape index (κ2) is 7.93. The minimum absolute atomic E-state index is 0.0453. The van der Waals surface area contributed by atoms with Crippen molar-refractivity contribution in [1.29, 1.82) is 5.26 Å². The molecule has 0 bridgehead atoms. The SMILES string of the molecule is CCN(C(=O)CSc1cc(C)c(C#N)c2nc3ccccc3n12)[C@@H]1CCS(=O)(=O)C1. The molecule has 2 aromatic heterocycles. The molecule has 1 fully saturated rings. The smallest absolute Gasteiger partial charge is 0.233 e. The highest BCUT2D eigenvalue weighted by Crippen LogP contribution is 2.30. The molecule has 3 aromatic rings. The predicted octanol–water partition coefficient (Wildman–Crippen LogP) is 2.80. The molecule has 0 aliphatic carbocycles. The van der Waals surface area contributed by atoms with Crippen molar-refractivity contribution < 1.29 is 13.2 Å². The molecular formula is C21H22N4O3S2. The molecule has 7 nitrogen and oxygen atoms in total. The van der Waals surface area contributed by atoms with Crippen LogP contribution >= 0.6 is 11.8 Å². The van der Waals surface area contributed by atoms with Crippen LogP contribution in [0.2, 0.25) is 0 Å². The zero-order chi connectivity index (χ0) is 21.5. The largest absolute Gasteiger partial charge is 0.338 e. The Labute approximate surface area is 179 Å². The van der Waals surface area contributed by atoms with Crippen LogP contribution in [0.25, 0.3) is 16.7 Å². The third-order valence-electron chi connectivity index (χ3n) is 5.50. The number of hydrogen-bond donors (Lipinski definition) is 0. The lowest BCUT2D eigenvalue weighted by Gasteiger charge is -2.26. The summed E-state index contributed by atoms with van der Waals surface area (Å²) in [5, 5.41) is 10.4. The third kappa shape index (κ3) is 3.66. The molecule has 1 atom stereocenters. The van der Waals surface area contributed by atoms with Gasteiger partial charge in [-0.15, -0.1) is 0 Å². The lowest BCUT2D eigenvalue weighted by atomic mass is 10.2. The maximum absolute atomic E-state index is 12.9. The Kier molecular flexibility index (Phi) is 5.47. The summed E-state index contributed by atoms with van der Waals surface area (Å²) in [5.74, 6) is 0.302. The second-order valence-electron chi connectivity index (χ2n) is 7.44. The van der Waals surface area contributed by atoms with Gasteiger partial charge in [0.25, 0.3) is 0 Å². The molecule has 156 valence electrons. The molecule has 0 radical (unpaired) electrons. The van der Waals surface area contributed by atoms with Gasteiger partial charge in [-0.05, 0) is 44.0 Å². The van der Waals surface area contributed by atoms with Gasteiger partial charge in [-0.2, -0.15) is 5.26 Å². The number of carbonyl (C=O) groups excluding carboxylic acids is 1. The van der Waals surface area contributed by atoms with E-state index in [9.17, 15) is 18.5 Å². The quantitative estimate of drug-likeness (QED) is 0.564. The first-order valence-electron chi connectivity index (χ1n) is 9.78. The van der Waals surface area contributed by atoms with Gasteiger partial charge >= 0.3 is 0 Å². The number of carbonyl (C=O) groups is 1. The van der Waals surface area contributed by atoms with Gasteiger partial charge in [-0.1, -0.05) is 23.9 Å². The van der Waals surface area contributed by atoms with E-state index < -0.39 is 9.84 Å². The summed E-state index contributed by atoms with van der Waals surface area (Å²) in [6.07, 6.45) is 0.499. The van der Waals surface area contributed by atoms with E-state index in [-0.39, 0.29) is 29.2 Å². The average Bonchev–Trinajstić information content (AvgIpc) is 3.26. The van der Waals surface area contributed by atoms with Crippen molar-refractivity contribution >= 4 is 44.2 Å². The van der Waals surface area contributed by atoms with Crippen molar-refractivity contribution in [2.45, 2.75) is 31.3 Å². The molecule has 9 heteroatoms. The second-order valence-corrected chi connectivity index (χ2v) is 10.7. The summed E-state index contributed by atoms with van der Waals surface area (Å²) in [6, 6.07) is 11.6. The maximum atomic E-state index is 12.9. The Morgan fingerprint density at radius 1 is 1.40 bits per heavy atom. The van der Waals surface area contributed by atoms with Crippen LogP contribution in [-0.4, -0.2) is 58.5 Å². The Morgan fingerprint density at radius 2 is 2.17 bits per heavy atom. The van der Waals surface area contributed by atoms with Crippen molar-refractivity contribution in [1.82, 2.24) is 14.3 Å². The van der Waals surface area contributed by atoms with Gasteiger partial charge in [-0.25, -0.2) is 13.4 Å². The molecular weight excluding hydrogens is 420 g/mol. The fourth-order valence-electron chi connectivity index (χ4n) is 4.04. The highest BCUT2D eigenvalue weighted by Gasteiger charge is 2.33. The number of para-hydroxylation sites is 2. The van der Waals surface area contributed by atoms with Gasteiger partial charge in [0.2, 0.25) is 5.91 Å². The number of aryl methyl sites for hydroxylation is 1. The van der Waals surface area contributed by atoms with Crippen LogP contribution in [0.3, 0.4) is 0 Å². The molecule has 1 aliphatic rings. The van der Waals surface area contributed by atoms with Gasteiger partial charge < -0.3 is 4.90 Å². The fraction of sp³-hybridized carbons (Fsp3) is 0.381. The number of aromatic nitrogens is 2. The molecule has 4 rings (SSSR count). The molecule has 1 aliphatic heterocycles. The zero-order valence-corrected chi connectivity index (χ0v) is 18.5. The van der Waals surface area contributed by atoms with Crippen LogP contribution in [0.15, 0.2) is 35.4 Å². The highest BCUT2D eigenvalue weighted by atomic mass is 32.2. The van der Waals surface area contributed by atoms with Crippen LogP contribution in [-0.2, 0) is 14.6 Å². The summed E-state index contributed by atoms with van der Waals surface area (Å²) in [7, 11) is -3.05. The molecule has 0 unspecified atom stereocenters. The summed E-state index contributed by atoms with van der Waals surface area (Å²) in [4.78, 5) is 19.2. The molecule has 1 amide bonds. The van der Waals surface area contributed by atoms with Crippen molar-refractivity contribution in [3.8, 4) is 6.07 Å². The molecule has 1 aromatic carbocycles. The lowest BCUT2D eigenvalue weighted by Crippen LogP contribution is -2.41. The number of sulfone groups is 1. The van der Waals surface area contributed by atoms with Gasteiger partial charge in [0.1, 0.15) is 6.07 Å². The van der Waals surface area contributed by atoms with Crippen LogP contribution in [0, 0.1) is 18.3 Å². The first-order chi connectivity index (χ1) is 14.3. The fourth-order valence-corrected chi connectivity index (χ4v) is 6.78. The van der Waals surface area contributed by atoms with Crippen molar-refractivity contribution in [3.63, 3.8) is 0 Å². The summed E-state index contributed by atoms with van der Waals surface area (Å²) >= 11 is 1.39. The standard InChI is InChI=1S/C21H22N4O3S2/c1-3-24(15-8-9-30(27,28)13-15)19(26)12-29-20-10-14(2)16(11-22)21-23-17-6-4-5-7-18(17)25(20)21/h4-7,10,15H,3,8-9,12-13H2,1-2H3/t15-/m1/s1. The van der Waals surface area contributed by atoms with Gasteiger partial charge in [0.15, 0.2) is 15.5 Å². The maximum Gasteiger partial charge on any atom is 0.233 e. The summed E-state index contributed by atoms with van der Waals surface area (Å²) in [5.41, 5.74) is 3.59.